The molecule has 0 saturated heterocycles. The Hall–Kier alpha value is -1.18. The summed E-state index contributed by atoms with van der Waals surface area (Å²) in [5, 5.41) is 10.4. The van der Waals surface area contributed by atoms with Crippen LogP contribution in [0.4, 0.5) is 0 Å². The van der Waals surface area contributed by atoms with Crippen LogP contribution in [0.15, 0.2) is 18.2 Å². The molecule has 2 nitrogen and oxygen atoms in total. The zero-order valence-corrected chi connectivity index (χ0v) is 12.3. The molecule has 2 fully saturated rings. The van der Waals surface area contributed by atoms with Crippen LogP contribution in [0.2, 0.25) is 0 Å². The molecule has 2 bridgehead atoms. The van der Waals surface area contributed by atoms with Crippen molar-refractivity contribution in [3.8, 4) is 11.5 Å². The number of benzene rings is 1. The van der Waals surface area contributed by atoms with E-state index in [0.717, 1.165) is 17.4 Å². The summed E-state index contributed by atoms with van der Waals surface area (Å²) in [7, 11) is 1.62. The first-order valence-electron chi connectivity index (χ1n) is 7.32. The summed E-state index contributed by atoms with van der Waals surface area (Å²) in [6, 6.07) is 5.90. The third-order valence-electron chi connectivity index (χ3n) is 6.09. The van der Waals surface area contributed by atoms with Crippen LogP contribution in [0.1, 0.15) is 45.1 Å². The summed E-state index contributed by atoms with van der Waals surface area (Å²) < 4.78 is 5.25. The highest BCUT2D eigenvalue weighted by molar-refractivity contribution is 5.48. The van der Waals surface area contributed by atoms with Gasteiger partial charge in [0, 0.05) is 5.56 Å². The van der Waals surface area contributed by atoms with Crippen LogP contribution in [-0.2, 0) is 0 Å². The highest BCUT2D eigenvalue weighted by Gasteiger charge is 2.55. The molecule has 0 aromatic heterocycles. The van der Waals surface area contributed by atoms with E-state index in [9.17, 15) is 5.11 Å². The molecule has 2 heteroatoms. The third kappa shape index (κ3) is 1.69. The first-order valence-corrected chi connectivity index (χ1v) is 7.32. The Kier molecular flexibility index (Phi) is 2.81. The van der Waals surface area contributed by atoms with Crippen molar-refractivity contribution in [1.82, 2.24) is 0 Å². The second kappa shape index (κ2) is 4.16. The number of aromatic hydroxyl groups is 1. The summed E-state index contributed by atoms with van der Waals surface area (Å²) in [6.45, 7) is 7.18. The molecule has 4 atom stereocenters. The van der Waals surface area contributed by atoms with Crippen LogP contribution < -0.4 is 4.74 Å². The first-order chi connectivity index (χ1) is 8.96. The minimum atomic E-state index is 0.353. The second-order valence-corrected chi connectivity index (χ2v) is 6.95. The lowest BCUT2D eigenvalue weighted by molar-refractivity contribution is 0.117. The zero-order chi connectivity index (χ0) is 13.8. The van der Waals surface area contributed by atoms with Gasteiger partial charge >= 0.3 is 0 Å². The minimum absolute atomic E-state index is 0.353. The molecule has 0 heterocycles. The Bertz CT molecular complexity index is 492. The van der Waals surface area contributed by atoms with Crippen LogP contribution in [0, 0.1) is 23.2 Å². The lowest BCUT2D eigenvalue weighted by Crippen LogP contribution is -2.32. The number of fused-ring (bicyclic) bond motifs is 2. The highest BCUT2D eigenvalue weighted by atomic mass is 16.5. The molecule has 0 aliphatic heterocycles. The van der Waals surface area contributed by atoms with Crippen molar-refractivity contribution in [2.24, 2.45) is 23.2 Å². The van der Waals surface area contributed by atoms with Gasteiger partial charge in [0.15, 0.2) is 11.5 Å². The Morgan fingerprint density at radius 3 is 2.58 bits per heavy atom. The zero-order valence-electron chi connectivity index (χ0n) is 12.3. The molecule has 1 aromatic rings. The summed E-state index contributed by atoms with van der Waals surface area (Å²) in [6.07, 6.45) is 2.53. The quantitative estimate of drug-likeness (QED) is 0.864. The Balaban J connectivity index is 1.98. The Morgan fingerprint density at radius 1 is 1.26 bits per heavy atom. The van der Waals surface area contributed by atoms with E-state index in [4.69, 9.17) is 4.74 Å². The monoisotopic (exact) mass is 260 g/mol. The van der Waals surface area contributed by atoms with Crippen LogP contribution >= 0.6 is 0 Å². The van der Waals surface area contributed by atoms with E-state index in [2.05, 4.69) is 26.8 Å². The van der Waals surface area contributed by atoms with Gasteiger partial charge in [0.1, 0.15) is 0 Å². The number of ether oxygens (including phenoxy) is 1. The van der Waals surface area contributed by atoms with Gasteiger partial charge in [-0.05, 0) is 48.0 Å². The summed E-state index contributed by atoms with van der Waals surface area (Å²) in [5.41, 5.74) is 1.47. The number of hydrogen-bond donors (Lipinski definition) is 1. The average molecular weight is 260 g/mol. The number of phenolic OH excluding ortho intramolecular Hbond substituents is 1. The van der Waals surface area contributed by atoms with Crippen LogP contribution in [0.3, 0.4) is 0 Å². The maximum atomic E-state index is 10.4. The van der Waals surface area contributed by atoms with Gasteiger partial charge in [-0.1, -0.05) is 32.9 Å². The van der Waals surface area contributed by atoms with Crippen molar-refractivity contribution in [2.75, 3.05) is 7.11 Å². The largest absolute Gasteiger partial charge is 0.504 e. The lowest BCUT2D eigenvalue weighted by Gasteiger charge is -2.41. The van der Waals surface area contributed by atoms with Crippen LogP contribution in [-0.4, -0.2) is 12.2 Å². The van der Waals surface area contributed by atoms with E-state index in [-0.39, 0.29) is 0 Å². The fraction of sp³-hybridized carbons (Fsp3) is 0.647. The van der Waals surface area contributed by atoms with Gasteiger partial charge in [-0.2, -0.15) is 0 Å². The molecule has 2 aliphatic carbocycles. The van der Waals surface area contributed by atoms with E-state index in [0.29, 0.717) is 28.7 Å². The van der Waals surface area contributed by atoms with Crippen LogP contribution in [0.25, 0.3) is 0 Å². The SMILES string of the molecule is COc1cccc(C2CC3CC2C(C)(C)C3C)c1O. The Morgan fingerprint density at radius 2 is 2.00 bits per heavy atom. The summed E-state index contributed by atoms with van der Waals surface area (Å²) in [5.74, 6) is 3.74. The number of hydrogen-bond acceptors (Lipinski definition) is 2. The topological polar surface area (TPSA) is 29.5 Å². The fourth-order valence-corrected chi connectivity index (χ4v) is 4.60. The molecule has 4 unspecified atom stereocenters. The van der Waals surface area contributed by atoms with Gasteiger partial charge in [0.2, 0.25) is 0 Å². The number of phenols is 1. The minimum Gasteiger partial charge on any atom is -0.504 e. The molecule has 104 valence electrons. The predicted octanol–water partition coefficient (Wildman–Crippen LogP) is 4.19. The van der Waals surface area contributed by atoms with Crippen molar-refractivity contribution >= 4 is 0 Å². The standard InChI is InChI=1S/C17H24O2/c1-10-11-8-13(14(9-11)17(10,2)3)12-6-5-7-15(19-4)16(12)18/h5-7,10-11,13-14,18H,8-9H2,1-4H3. The van der Waals surface area contributed by atoms with Crippen molar-refractivity contribution in [1.29, 1.82) is 0 Å². The molecule has 19 heavy (non-hydrogen) atoms. The van der Waals surface area contributed by atoms with E-state index < -0.39 is 0 Å². The van der Waals surface area contributed by atoms with Crippen molar-refractivity contribution in [3.63, 3.8) is 0 Å². The molecule has 0 amide bonds. The summed E-state index contributed by atoms with van der Waals surface area (Å²) >= 11 is 0. The highest BCUT2D eigenvalue weighted by Crippen LogP contribution is 2.65. The van der Waals surface area contributed by atoms with Gasteiger partial charge in [-0.3, -0.25) is 0 Å². The maximum absolute atomic E-state index is 10.4. The van der Waals surface area contributed by atoms with E-state index in [1.54, 1.807) is 7.11 Å². The van der Waals surface area contributed by atoms with Gasteiger partial charge in [-0.25, -0.2) is 0 Å². The van der Waals surface area contributed by atoms with Crippen LogP contribution in [0.5, 0.6) is 11.5 Å². The number of methoxy groups -OCH3 is 1. The molecular weight excluding hydrogens is 236 g/mol. The van der Waals surface area contributed by atoms with Gasteiger partial charge < -0.3 is 9.84 Å². The average Bonchev–Trinajstić information content (AvgIpc) is 2.90. The number of para-hydroxylation sites is 1. The molecule has 2 aliphatic rings. The fourth-order valence-electron chi connectivity index (χ4n) is 4.60. The molecule has 1 N–H and O–H groups in total. The number of rotatable bonds is 2. The van der Waals surface area contributed by atoms with E-state index in [1.165, 1.54) is 12.8 Å². The molecule has 1 aromatic carbocycles. The molecule has 2 saturated carbocycles. The normalized spacial score (nSPS) is 35.6. The lowest BCUT2D eigenvalue weighted by atomic mass is 9.64. The maximum Gasteiger partial charge on any atom is 0.161 e. The Labute approximate surface area is 115 Å². The van der Waals surface area contributed by atoms with Gasteiger partial charge in [-0.15, -0.1) is 0 Å². The third-order valence-corrected chi connectivity index (χ3v) is 6.09. The predicted molar refractivity (Wildman–Crippen MR) is 76.6 cm³/mol. The van der Waals surface area contributed by atoms with Gasteiger partial charge in [0.05, 0.1) is 7.11 Å². The molecular formula is C17H24O2. The molecule has 0 spiro atoms. The van der Waals surface area contributed by atoms with Crippen molar-refractivity contribution in [2.45, 2.75) is 39.5 Å². The molecule has 0 radical (unpaired) electrons. The van der Waals surface area contributed by atoms with Gasteiger partial charge in [0.25, 0.3) is 0 Å². The summed E-state index contributed by atoms with van der Waals surface area (Å²) in [4.78, 5) is 0. The van der Waals surface area contributed by atoms with E-state index in [1.807, 2.05) is 12.1 Å². The molecule has 3 rings (SSSR count). The van der Waals surface area contributed by atoms with E-state index >= 15 is 0 Å². The van der Waals surface area contributed by atoms with Crippen molar-refractivity contribution in [3.05, 3.63) is 23.8 Å². The second-order valence-electron chi connectivity index (χ2n) is 6.95. The first kappa shape index (κ1) is 12.8. The van der Waals surface area contributed by atoms with Crippen molar-refractivity contribution < 1.29 is 9.84 Å². The smallest absolute Gasteiger partial charge is 0.161 e.